The minimum Gasteiger partial charge on any atom is -0.309 e. The molecule has 0 spiro atoms. The SMILES string of the molecule is O=S1C=C[NH2+]C1. The number of quaternary nitrogens is 1. The molecule has 0 radical (unpaired) electrons. The molecule has 0 aromatic rings. The summed E-state index contributed by atoms with van der Waals surface area (Å²) in [5.41, 5.74) is 0. The minimum atomic E-state index is -0.659. The van der Waals surface area contributed by atoms with Gasteiger partial charge in [0.15, 0.2) is 5.88 Å². The van der Waals surface area contributed by atoms with Crippen molar-refractivity contribution in [2.24, 2.45) is 0 Å². The van der Waals surface area contributed by atoms with Crippen molar-refractivity contribution in [3.05, 3.63) is 11.6 Å². The van der Waals surface area contributed by atoms with Crippen molar-refractivity contribution in [1.29, 1.82) is 0 Å². The second kappa shape index (κ2) is 1.53. The van der Waals surface area contributed by atoms with Crippen molar-refractivity contribution in [1.82, 2.24) is 0 Å². The fraction of sp³-hybridized carbons (Fsp3) is 0.333. The van der Waals surface area contributed by atoms with E-state index in [0.717, 1.165) is 5.88 Å². The third kappa shape index (κ3) is 0.666. The number of hydrogen-bond donors (Lipinski definition) is 1. The molecule has 0 aliphatic carbocycles. The maximum atomic E-state index is 10.2. The van der Waals surface area contributed by atoms with Crippen LogP contribution >= 0.6 is 0 Å². The van der Waals surface area contributed by atoms with Crippen molar-refractivity contribution < 1.29 is 9.53 Å². The molecule has 2 N–H and O–H groups in total. The first kappa shape index (κ1) is 4.02. The van der Waals surface area contributed by atoms with E-state index in [2.05, 4.69) is 0 Å². The van der Waals surface area contributed by atoms with Gasteiger partial charge >= 0.3 is 0 Å². The van der Waals surface area contributed by atoms with Gasteiger partial charge in [0.1, 0.15) is 17.0 Å². The van der Waals surface area contributed by atoms with Crippen molar-refractivity contribution in [2.75, 3.05) is 5.88 Å². The highest BCUT2D eigenvalue weighted by Crippen LogP contribution is 1.78. The highest BCUT2D eigenvalue weighted by molar-refractivity contribution is 7.87. The maximum Gasteiger partial charge on any atom is 0.160 e. The molecule has 0 fully saturated rings. The molecule has 0 saturated heterocycles. The molecule has 2 nitrogen and oxygen atoms in total. The molecule has 1 aliphatic rings. The molecule has 0 aromatic carbocycles. The zero-order valence-corrected chi connectivity index (χ0v) is 4.07. The Labute approximate surface area is 38.7 Å². The fourth-order valence-corrected chi connectivity index (χ4v) is 1.05. The number of rotatable bonds is 0. The van der Waals surface area contributed by atoms with Crippen molar-refractivity contribution in [3.63, 3.8) is 0 Å². The van der Waals surface area contributed by atoms with Gasteiger partial charge in [-0.1, -0.05) is 0 Å². The second-order valence-electron chi connectivity index (χ2n) is 1.11. The first-order chi connectivity index (χ1) is 2.89. The van der Waals surface area contributed by atoms with Crippen LogP contribution in [0.2, 0.25) is 0 Å². The van der Waals surface area contributed by atoms with E-state index in [1.165, 1.54) is 0 Å². The van der Waals surface area contributed by atoms with Gasteiger partial charge in [-0.15, -0.1) is 0 Å². The van der Waals surface area contributed by atoms with Crippen LogP contribution in [0.25, 0.3) is 0 Å². The molecule has 3 heteroatoms. The Kier molecular flexibility index (Phi) is 1.03. The predicted molar refractivity (Wildman–Crippen MR) is 24.1 cm³/mol. The van der Waals surface area contributed by atoms with Gasteiger partial charge in [-0.3, -0.25) is 0 Å². The van der Waals surface area contributed by atoms with E-state index in [0.29, 0.717) is 0 Å². The van der Waals surface area contributed by atoms with E-state index >= 15 is 0 Å². The Hall–Kier alpha value is -0.150. The van der Waals surface area contributed by atoms with E-state index in [9.17, 15) is 4.21 Å². The Morgan fingerprint density at radius 2 is 2.67 bits per heavy atom. The summed E-state index contributed by atoms with van der Waals surface area (Å²) in [6.07, 6.45) is 1.83. The van der Waals surface area contributed by atoms with Crippen LogP contribution < -0.4 is 5.32 Å². The van der Waals surface area contributed by atoms with Crippen LogP contribution in [0.5, 0.6) is 0 Å². The van der Waals surface area contributed by atoms with Gasteiger partial charge in [-0.05, 0) is 0 Å². The summed E-state index contributed by atoms with van der Waals surface area (Å²) < 4.78 is 10.2. The lowest BCUT2D eigenvalue weighted by Gasteiger charge is -1.73. The van der Waals surface area contributed by atoms with Crippen molar-refractivity contribution >= 4 is 10.8 Å². The van der Waals surface area contributed by atoms with Gasteiger partial charge in [0.05, 0.1) is 5.41 Å². The van der Waals surface area contributed by atoms with Crippen LogP contribution in [0.1, 0.15) is 0 Å². The summed E-state index contributed by atoms with van der Waals surface area (Å²) in [5, 5.41) is 3.59. The molecule has 1 atom stereocenters. The molecule has 0 aromatic heterocycles. The molecule has 34 valence electrons. The molecule has 1 heterocycles. The lowest BCUT2D eigenvalue weighted by molar-refractivity contribution is -0.564. The maximum absolute atomic E-state index is 10.2. The van der Waals surface area contributed by atoms with Crippen LogP contribution in [-0.2, 0) is 10.8 Å². The summed E-state index contributed by atoms with van der Waals surface area (Å²) in [6.45, 7) is 0. The second-order valence-corrected chi connectivity index (χ2v) is 2.48. The fourth-order valence-electron chi connectivity index (χ4n) is 0.349. The third-order valence-corrected chi connectivity index (χ3v) is 1.61. The molecular weight excluding hydrogens is 98.1 g/mol. The van der Waals surface area contributed by atoms with Crippen LogP contribution in [0.3, 0.4) is 0 Å². The van der Waals surface area contributed by atoms with Gasteiger partial charge in [-0.25, -0.2) is 4.21 Å². The van der Waals surface area contributed by atoms with Crippen LogP contribution in [0.4, 0.5) is 0 Å². The first-order valence-corrected chi connectivity index (χ1v) is 3.15. The predicted octanol–water partition coefficient (Wildman–Crippen LogP) is -1.26. The Morgan fingerprint density at radius 1 is 1.83 bits per heavy atom. The van der Waals surface area contributed by atoms with Gasteiger partial charge in [0.25, 0.3) is 0 Å². The summed E-state index contributed by atoms with van der Waals surface area (Å²) in [4.78, 5) is 0. The van der Waals surface area contributed by atoms with Gasteiger partial charge in [0, 0.05) is 0 Å². The van der Waals surface area contributed by atoms with E-state index in [1.54, 1.807) is 5.41 Å². The summed E-state index contributed by atoms with van der Waals surface area (Å²) in [6, 6.07) is 0. The Bertz CT molecular complexity index is 99.0. The molecule has 0 bridgehead atoms. The zero-order chi connectivity index (χ0) is 4.41. The van der Waals surface area contributed by atoms with E-state index in [1.807, 2.05) is 11.5 Å². The van der Waals surface area contributed by atoms with Crippen LogP contribution in [-0.4, -0.2) is 10.1 Å². The first-order valence-electron chi connectivity index (χ1n) is 1.77. The highest BCUT2D eigenvalue weighted by Gasteiger charge is 2.00. The highest BCUT2D eigenvalue weighted by atomic mass is 32.2. The average Bonchev–Trinajstić information content (AvgIpc) is 1.86. The van der Waals surface area contributed by atoms with Crippen LogP contribution in [0.15, 0.2) is 11.6 Å². The molecule has 1 rings (SSSR count). The Balaban J connectivity index is 2.59. The quantitative estimate of drug-likeness (QED) is 0.409. The molecule has 0 saturated carbocycles. The normalized spacial score (nSPS) is 31.7. The standard InChI is InChI=1S/C3H5NOS/c5-6-2-1-4-3-6/h1-2,4H,3H2/p+1. The van der Waals surface area contributed by atoms with Crippen molar-refractivity contribution in [3.8, 4) is 0 Å². The Morgan fingerprint density at radius 3 is 2.83 bits per heavy atom. The van der Waals surface area contributed by atoms with E-state index < -0.39 is 10.8 Å². The minimum absolute atomic E-state index is 0.659. The lowest BCUT2D eigenvalue weighted by Crippen LogP contribution is -2.76. The van der Waals surface area contributed by atoms with Gasteiger partial charge in [-0.2, -0.15) is 0 Å². The van der Waals surface area contributed by atoms with E-state index in [4.69, 9.17) is 0 Å². The smallest absolute Gasteiger partial charge is 0.160 e. The zero-order valence-electron chi connectivity index (χ0n) is 3.26. The number of nitrogens with two attached hydrogens (primary N) is 1. The summed E-state index contributed by atoms with van der Waals surface area (Å²) in [7, 11) is -0.659. The van der Waals surface area contributed by atoms with Crippen molar-refractivity contribution in [2.45, 2.75) is 0 Å². The lowest BCUT2D eigenvalue weighted by atomic mass is 11.0. The van der Waals surface area contributed by atoms with Crippen LogP contribution in [0, 0.1) is 0 Å². The monoisotopic (exact) mass is 104 g/mol. The molecule has 1 aliphatic heterocycles. The van der Waals surface area contributed by atoms with E-state index in [-0.39, 0.29) is 0 Å². The topological polar surface area (TPSA) is 33.7 Å². The number of hydrogen-bond acceptors (Lipinski definition) is 1. The summed E-state index contributed by atoms with van der Waals surface area (Å²) >= 11 is 0. The molecular formula is C3H6NOS+. The summed E-state index contributed by atoms with van der Waals surface area (Å²) in [5.74, 6) is 0.722. The molecule has 0 amide bonds. The van der Waals surface area contributed by atoms with Gasteiger partial charge in [0.2, 0.25) is 0 Å². The molecule has 6 heavy (non-hydrogen) atoms. The van der Waals surface area contributed by atoms with Gasteiger partial charge < -0.3 is 5.32 Å². The largest absolute Gasteiger partial charge is 0.309 e. The molecule has 1 unspecified atom stereocenters. The average molecular weight is 104 g/mol. The third-order valence-electron chi connectivity index (χ3n) is 0.627.